The molecule has 3 N–H and O–H groups in total. The van der Waals surface area contributed by atoms with Gasteiger partial charge in [-0.2, -0.15) is 0 Å². The average molecular weight is 368 g/mol. The Hall–Kier alpha value is -1.87. The van der Waals surface area contributed by atoms with E-state index in [0.717, 1.165) is 4.88 Å². The van der Waals surface area contributed by atoms with Crippen molar-refractivity contribution in [1.82, 2.24) is 20.1 Å². The Kier molecular flexibility index (Phi) is 6.80. The Balaban J connectivity index is 2.08. The summed E-state index contributed by atoms with van der Waals surface area (Å²) in [4.78, 5) is 24.0. The molecule has 0 unspecified atom stereocenters. The number of rotatable bonds is 9. The lowest BCUT2D eigenvalue weighted by Crippen LogP contribution is -2.28. The summed E-state index contributed by atoms with van der Waals surface area (Å²) in [5.41, 5.74) is 5.26. The van der Waals surface area contributed by atoms with Crippen LogP contribution in [0.15, 0.2) is 22.7 Å². The van der Waals surface area contributed by atoms with Gasteiger partial charge in [-0.1, -0.05) is 31.7 Å². The number of nitrogens with one attached hydrogen (secondary N) is 1. The maximum atomic E-state index is 11.9. The minimum atomic E-state index is -0.383. The number of carbonyl (C=O) groups excluding carboxylic acids is 2. The number of primary amides is 1. The van der Waals surface area contributed by atoms with Crippen LogP contribution in [0.1, 0.15) is 20.3 Å². The summed E-state index contributed by atoms with van der Waals surface area (Å²) >= 11 is 2.85. The van der Waals surface area contributed by atoms with Crippen molar-refractivity contribution in [3.05, 3.63) is 17.5 Å². The van der Waals surface area contributed by atoms with Crippen molar-refractivity contribution in [3.8, 4) is 10.7 Å². The van der Waals surface area contributed by atoms with Gasteiger partial charge in [0.15, 0.2) is 11.0 Å². The van der Waals surface area contributed by atoms with Crippen molar-refractivity contribution in [1.29, 1.82) is 0 Å². The molecule has 130 valence electrons. The molecule has 0 spiro atoms. The first-order valence-corrected chi connectivity index (χ1v) is 9.48. The van der Waals surface area contributed by atoms with Crippen molar-refractivity contribution in [3.63, 3.8) is 0 Å². The minimum absolute atomic E-state index is 0.0455. The molecule has 0 saturated carbocycles. The largest absolute Gasteiger partial charge is 0.370 e. The molecule has 2 aromatic heterocycles. The topological polar surface area (TPSA) is 103 Å². The molecule has 0 bridgehead atoms. The number of carbonyl (C=O) groups is 2. The molecule has 7 nitrogen and oxygen atoms in total. The van der Waals surface area contributed by atoms with Crippen molar-refractivity contribution in [2.45, 2.75) is 32.0 Å². The van der Waals surface area contributed by atoms with Gasteiger partial charge in [0.2, 0.25) is 11.8 Å². The fourth-order valence-corrected chi connectivity index (χ4v) is 3.42. The Morgan fingerprint density at radius 2 is 2.21 bits per heavy atom. The third-order valence-electron chi connectivity index (χ3n) is 3.08. The molecular weight excluding hydrogens is 346 g/mol. The lowest BCUT2D eigenvalue weighted by Gasteiger charge is -2.09. The van der Waals surface area contributed by atoms with E-state index in [1.165, 1.54) is 11.8 Å². The molecule has 0 aliphatic heterocycles. The maximum absolute atomic E-state index is 11.9. The monoisotopic (exact) mass is 367 g/mol. The smallest absolute Gasteiger partial charge is 0.230 e. The molecule has 2 rings (SSSR count). The number of aromatic nitrogens is 3. The van der Waals surface area contributed by atoms with Crippen LogP contribution in [0.4, 0.5) is 0 Å². The van der Waals surface area contributed by atoms with Crippen LogP contribution in [0, 0.1) is 5.92 Å². The minimum Gasteiger partial charge on any atom is -0.370 e. The van der Waals surface area contributed by atoms with Crippen LogP contribution >= 0.6 is 23.1 Å². The van der Waals surface area contributed by atoms with Crippen molar-refractivity contribution < 1.29 is 9.59 Å². The molecule has 0 radical (unpaired) electrons. The van der Waals surface area contributed by atoms with E-state index < -0.39 is 0 Å². The van der Waals surface area contributed by atoms with Gasteiger partial charge >= 0.3 is 0 Å². The Morgan fingerprint density at radius 3 is 2.83 bits per heavy atom. The normalized spacial score (nSPS) is 11.0. The van der Waals surface area contributed by atoms with Crippen LogP contribution in [-0.2, 0) is 16.1 Å². The Labute approximate surface area is 149 Å². The number of thioether (sulfide) groups is 1. The van der Waals surface area contributed by atoms with Crippen LogP contribution in [0.25, 0.3) is 10.7 Å². The van der Waals surface area contributed by atoms with Gasteiger partial charge in [0.25, 0.3) is 0 Å². The van der Waals surface area contributed by atoms with Crippen LogP contribution < -0.4 is 11.1 Å². The summed E-state index contributed by atoms with van der Waals surface area (Å²) < 4.78 is 1.84. The number of hydrogen-bond donors (Lipinski definition) is 2. The Morgan fingerprint density at radius 1 is 1.42 bits per heavy atom. The van der Waals surface area contributed by atoms with E-state index in [4.69, 9.17) is 5.73 Å². The zero-order valence-electron chi connectivity index (χ0n) is 13.7. The molecule has 0 atom stereocenters. The van der Waals surface area contributed by atoms with E-state index in [1.54, 1.807) is 11.3 Å². The highest BCUT2D eigenvalue weighted by Gasteiger charge is 2.16. The van der Waals surface area contributed by atoms with E-state index >= 15 is 0 Å². The predicted molar refractivity (Wildman–Crippen MR) is 95.7 cm³/mol. The van der Waals surface area contributed by atoms with E-state index in [-0.39, 0.29) is 24.0 Å². The average Bonchev–Trinajstić information content (AvgIpc) is 3.17. The molecule has 0 aliphatic carbocycles. The fraction of sp³-hybridized carbons (Fsp3) is 0.467. The third kappa shape index (κ3) is 5.34. The predicted octanol–water partition coefficient (Wildman–Crippen LogP) is 1.75. The molecule has 0 saturated heterocycles. The van der Waals surface area contributed by atoms with E-state index in [1.807, 2.05) is 35.9 Å². The van der Waals surface area contributed by atoms with E-state index in [0.29, 0.717) is 30.0 Å². The number of amides is 2. The van der Waals surface area contributed by atoms with Gasteiger partial charge in [-0.3, -0.25) is 9.59 Å². The standard InChI is InChI=1S/C15H21N5O2S2/c1-10(2)8-17-13(22)9-24-15-19-18-14(11-4-3-7-23-11)20(15)6-5-12(16)21/h3-4,7,10H,5-6,8-9H2,1-2H3,(H2,16,21)(H,17,22). The molecular formula is C15H21N5O2S2. The molecule has 2 aromatic rings. The molecule has 2 amide bonds. The van der Waals surface area contributed by atoms with Crippen LogP contribution in [0.5, 0.6) is 0 Å². The lowest BCUT2D eigenvalue weighted by molar-refractivity contribution is -0.119. The summed E-state index contributed by atoms with van der Waals surface area (Å²) in [7, 11) is 0. The highest BCUT2D eigenvalue weighted by molar-refractivity contribution is 7.99. The zero-order valence-corrected chi connectivity index (χ0v) is 15.3. The summed E-state index contributed by atoms with van der Waals surface area (Å²) in [6.07, 6.45) is 0.198. The van der Waals surface area contributed by atoms with Gasteiger partial charge in [0.1, 0.15) is 0 Å². The van der Waals surface area contributed by atoms with Gasteiger partial charge < -0.3 is 15.6 Å². The van der Waals surface area contributed by atoms with Crippen LogP contribution in [-0.4, -0.2) is 38.9 Å². The van der Waals surface area contributed by atoms with Crippen molar-refractivity contribution >= 4 is 34.9 Å². The second-order valence-electron chi connectivity index (χ2n) is 5.64. The summed E-state index contributed by atoms with van der Waals surface area (Å²) in [6.45, 7) is 5.13. The third-order valence-corrected chi connectivity index (χ3v) is 4.91. The second kappa shape index (κ2) is 8.84. The van der Waals surface area contributed by atoms with Crippen LogP contribution in [0.2, 0.25) is 0 Å². The van der Waals surface area contributed by atoms with E-state index in [9.17, 15) is 9.59 Å². The molecule has 0 aliphatic rings. The maximum Gasteiger partial charge on any atom is 0.230 e. The first-order valence-electron chi connectivity index (χ1n) is 7.62. The highest BCUT2D eigenvalue weighted by atomic mass is 32.2. The molecule has 24 heavy (non-hydrogen) atoms. The second-order valence-corrected chi connectivity index (χ2v) is 7.53. The number of nitrogens with zero attached hydrogens (tertiary/aromatic N) is 3. The van der Waals surface area contributed by atoms with E-state index in [2.05, 4.69) is 15.5 Å². The highest BCUT2D eigenvalue weighted by Crippen LogP contribution is 2.27. The Bertz CT molecular complexity index is 682. The molecule has 9 heteroatoms. The fourth-order valence-electron chi connectivity index (χ4n) is 1.91. The summed E-state index contributed by atoms with van der Waals surface area (Å²) in [6, 6.07) is 3.87. The van der Waals surface area contributed by atoms with Crippen LogP contribution in [0.3, 0.4) is 0 Å². The SMILES string of the molecule is CC(C)CNC(=O)CSc1nnc(-c2cccs2)n1CCC(N)=O. The first kappa shape index (κ1) is 18.5. The number of thiophene rings is 1. The number of nitrogens with two attached hydrogens (primary N) is 1. The van der Waals surface area contributed by atoms with Gasteiger partial charge in [-0.05, 0) is 17.4 Å². The van der Waals surface area contributed by atoms with Crippen molar-refractivity contribution in [2.24, 2.45) is 11.7 Å². The van der Waals surface area contributed by atoms with Gasteiger partial charge in [-0.15, -0.1) is 21.5 Å². The van der Waals surface area contributed by atoms with Crippen molar-refractivity contribution in [2.75, 3.05) is 12.3 Å². The lowest BCUT2D eigenvalue weighted by atomic mass is 10.2. The summed E-state index contributed by atoms with van der Waals surface area (Å²) in [5.74, 6) is 0.925. The zero-order chi connectivity index (χ0) is 17.5. The van der Waals surface area contributed by atoms with Gasteiger partial charge in [0, 0.05) is 19.5 Å². The first-order chi connectivity index (χ1) is 11.5. The van der Waals surface area contributed by atoms with Gasteiger partial charge in [0.05, 0.1) is 10.6 Å². The van der Waals surface area contributed by atoms with Gasteiger partial charge in [-0.25, -0.2) is 0 Å². The molecule has 0 aromatic carbocycles. The quantitative estimate of drug-likeness (QED) is 0.657. The summed E-state index contributed by atoms with van der Waals surface area (Å²) in [5, 5.41) is 13.8. The molecule has 0 fully saturated rings. The molecule has 2 heterocycles. The number of hydrogen-bond acceptors (Lipinski definition) is 6.